The van der Waals surface area contributed by atoms with Gasteiger partial charge in [0.1, 0.15) is 6.10 Å². The van der Waals surface area contributed by atoms with Gasteiger partial charge in [-0.25, -0.2) is 4.79 Å². The van der Waals surface area contributed by atoms with E-state index in [1.165, 1.54) is 0 Å². The molecule has 0 fully saturated rings. The molecule has 0 spiro atoms. The normalized spacial score (nSPS) is 17.8. The highest BCUT2D eigenvalue weighted by Crippen LogP contribution is 2.32. The average Bonchev–Trinajstić information content (AvgIpc) is 2.29. The fourth-order valence-electron chi connectivity index (χ4n) is 1.72. The van der Waals surface area contributed by atoms with Crippen molar-refractivity contribution in [1.29, 1.82) is 0 Å². The van der Waals surface area contributed by atoms with Gasteiger partial charge in [0.25, 0.3) is 0 Å². The first-order valence-corrected chi connectivity index (χ1v) is 5.43. The standard InChI is InChI=1S/C12H12ClNO2/c1-14-12(15)16-11-4-2-3-8-5-6-9(13)7-10(8)11/h2-3,5-7,11H,4H2,1H3,(H,14,15). The van der Waals surface area contributed by atoms with Crippen LogP contribution in [0.4, 0.5) is 4.79 Å². The molecule has 1 aliphatic carbocycles. The van der Waals surface area contributed by atoms with Gasteiger partial charge in [0.15, 0.2) is 0 Å². The zero-order valence-corrected chi connectivity index (χ0v) is 9.62. The number of hydrogen-bond acceptors (Lipinski definition) is 2. The van der Waals surface area contributed by atoms with Crippen LogP contribution in [0.3, 0.4) is 0 Å². The SMILES string of the molecule is CNC(=O)OC1CC=Cc2ccc(Cl)cc21. The summed E-state index contributed by atoms with van der Waals surface area (Å²) < 4.78 is 5.26. The third-order valence-corrected chi connectivity index (χ3v) is 2.73. The fourth-order valence-corrected chi connectivity index (χ4v) is 1.90. The van der Waals surface area contributed by atoms with Crippen LogP contribution in [-0.4, -0.2) is 13.1 Å². The van der Waals surface area contributed by atoms with Crippen LogP contribution in [0.1, 0.15) is 23.7 Å². The van der Waals surface area contributed by atoms with Gasteiger partial charge in [-0.3, -0.25) is 0 Å². The molecule has 1 aromatic carbocycles. The molecule has 84 valence electrons. The summed E-state index contributed by atoms with van der Waals surface area (Å²) in [6, 6.07) is 5.59. The van der Waals surface area contributed by atoms with Crippen LogP contribution in [0.25, 0.3) is 6.08 Å². The monoisotopic (exact) mass is 237 g/mol. The largest absolute Gasteiger partial charge is 0.441 e. The maximum atomic E-state index is 11.2. The van der Waals surface area contributed by atoms with Crippen LogP contribution in [0.5, 0.6) is 0 Å². The van der Waals surface area contributed by atoms with Crippen LogP contribution < -0.4 is 5.32 Å². The number of carbonyl (C=O) groups excluding carboxylic acids is 1. The second-order valence-corrected chi connectivity index (χ2v) is 3.99. The number of fused-ring (bicyclic) bond motifs is 1. The summed E-state index contributed by atoms with van der Waals surface area (Å²) in [6.45, 7) is 0. The smallest absolute Gasteiger partial charge is 0.407 e. The third kappa shape index (κ3) is 2.19. The molecule has 4 heteroatoms. The van der Waals surface area contributed by atoms with Crippen molar-refractivity contribution in [3.8, 4) is 0 Å². The molecule has 0 aliphatic heterocycles. The lowest BCUT2D eigenvalue weighted by Gasteiger charge is -2.21. The number of rotatable bonds is 1. The van der Waals surface area contributed by atoms with Gasteiger partial charge in [0, 0.05) is 24.1 Å². The predicted octanol–water partition coefficient (Wildman–Crippen LogP) is 3.15. The molecule has 0 aromatic heterocycles. The van der Waals surface area contributed by atoms with Gasteiger partial charge in [-0.2, -0.15) is 0 Å². The Bertz CT molecular complexity index is 443. The molecule has 3 nitrogen and oxygen atoms in total. The molecule has 1 unspecified atom stereocenters. The minimum Gasteiger partial charge on any atom is -0.441 e. The second kappa shape index (κ2) is 4.58. The number of benzene rings is 1. The van der Waals surface area contributed by atoms with Crippen LogP contribution in [-0.2, 0) is 4.74 Å². The lowest BCUT2D eigenvalue weighted by atomic mass is 9.95. The minimum absolute atomic E-state index is 0.251. The Morgan fingerprint density at radius 2 is 2.38 bits per heavy atom. The topological polar surface area (TPSA) is 38.3 Å². The molecule has 1 N–H and O–H groups in total. The van der Waals surface area contributed by atoms with Gasteiger partial charge in [-0.1, -0.05) is 29.8 Å². The second-order valence-electron chi connectivity index (χ2n) is 3.56. The van der Waals surface area contributed by atoms with Crippen molar-refractivity contribution >= 4 is 23.8 Å². The van der Waals surface area contributed by atoms with Crippen molar-refractivity contribution < 1.29 is 9.53 Å². The van der Waals surface area contributed by atoms with E-state index in [4.69, 9.17) is 16.3 Å². The van der Waals surface area contributed by atoms with Crippen molar-refractivity contribution in [3.05, 3.63) is 40.4 Å². The van der Waals surface area contributed by atoms with Crippen molar-refractivity contribution in [2.75, 3.05) is 7.05 Å². The van der Waals surface area contributed by atoms with E-state index in [0.717, 1.165) is 11.1 Å². The zero-order chi connectivity index (χ0) is 11.5. The van der Waals surface area contributed by atoms with Crippen LogP contribution in [0, 0.1) is 0 Å². The Balaban J connectivity index is 2.28. The Labute approximate surface area is 99.1 Å². The maximum absolute atomic E-state index is 11.2. The van der Waals surface area contributed by atoms with Crippen molar-refractivity contribution in [1.82, 2.24) is 5.32 Å². The van der Waals surface area contributed by atoms with Gasteiger partial charge in [0.05, 0.1) is 0 Å². The first kappa shape index (κ1) is 11.0. The van der Waals surface area contributed by atoms with E-state index in [0.29, 0.717) is 11.4 Å². The Morgan fingerprint density at radius 1 is 1.56 bits per heavy atom. The molecular weight excluding hydrogens is 226 g/mol. The molecule has 16 heavy (non-hydrogen) atoms. The Morgan fingerprint density at radius 3 is 3.12 bits per heavy atom. The van der Waals surface area contributed by atoms with Crippen molar-refractivity contribution in [2.24, 2.45) is 0 Å². The van der Waals surface area contributed by atoms with Gasteiger partial charge in [-0.05, 0) is 17.7 Å². The quantitative estimate of drug-likeness (QED) is 0.815. The number of alkyl carbamates (subject to hydrolysis) is 1. The van der Waals surface area contributed by atoms with E-state index >= 15 is 0 Å². The number of hydrogen-bond donors (Lipinski definition) is 1. The third-order valence-electron chi connectivity index (χ3n) is 2.50. The molecule has 2 rings (SSSR count). The average molecular weight is 238 g/mol. The summed E-state index contributed by atoms with van der Waals surface area (Å²) >= 11 is 5.93. The minimum atomic E-state index is -0.425. The molecular formula is C12H12ClNO2. The van der Waals surface area contributed by atoms with E-state index in [2.05, 4.69) is 5.32 Å². The van der Waals surface area contributed by atoms with Gasteiger partial charge in [0.2, 0.25) is 0 Å². The fraction of sp³-hybridized carbons (Fsp3) is 0.250. The zero-order valence-electron chi connectivity index (χ0n) is 8.87. The Hall–Kier alpha value is -1.48. The summed E-state index contributed by atoms with van der Waals surface area (Å²) in [5, 5.41) is 3.09. The van der Waals surface area contributed by atoms with E-state index in [-0.39, 0.29) is 6.10 Å². The predicted molar refractivity (Wildman–Crippen MR) is 63.4 cm³/mol. The molecule has 0 saturated heterocycles. The number of ether oxygens (including phenoxy) is 1. The molecule has 1 atom stereocenters. The summed E-state index contributed by atoms with van der Waals surface area (Å²) in [4.78, 5) is 11.2. The lowest BCUT2D eigenvalue weighted by Crippen LogP contribution is -2.22. The summed E-state index contributed by atoms with van der Waals surface area (Å²) in [5.41, 5.74) is 2.00. The highest BCUT2D eigenvalue weighted by atomic mass is 35.5. The first-order valence-electron chi connectivity index (χ1n) is 5.05. The molecule has 1 amide bonds. The van der Waals surface area contributed by atoms with Crippen LogP contribution in [0.2, 0.25) is 5.02 Å². The molecule has 0 saturated carbocycles. The number of carbonyl (C=O) groups is 1. The van der Waals surface area contributed by atoms with Gasteiger partial charge >= 0.3 is 6.09 Å². The first-order chi connectivity index (χ1) is 7.70. The number of nitrogens with one attached hydrogen (secondary N) is 1. The highest BCUT2D eigenvalue weighted by molar-refractivity contribution is 6.30. The maximum Gasteiger partial charge on any atom is 0.407 e. The summed E-state index contributed by atoms with van der Waals surface area (Å²) in [6.07, 6.45) is 4.00. The summed E-state index contributed by atoms with van der Waals surface area (Å²) in [7, 11) is 1.54. The van der Waals surface area contributed by atoms with E-state index in [1.54, 1.807) is 7.05 Å². The van der Waals surface area contributed by atoms with Crippen LogP contribution in [0.15, 0.2) is 24.3 Å². The van der Waals surface area contributed by atoms with Crippen molar-refractivity contribution in [3.63, 3.8) is 0 Å². The number of amides is 1. The van der Waals surface area contributed by atoms with Crippen LogP contribution >= 0.6 is 11.6 Å². The van der Waals surface area contributed by atoms with Gasteiger partial charge in [-0.15, -0.1) is 0 Å². The molecule has 1 aromatic rings. The molecule has 0 bridgehead atoms. The number of halogens is 1. The lowest BCUT2D eigenvalue weighted by molar-refractivity contribution is 0.100. The molecule has 0 radical (unpaired) electrons. The summed E-state index contributed by atoms with van der Waals surface area (Å²) in [5.74, 6) is 0. The van der Waals surface area contributed by atoms with E-state index in [1.807, 2.05) is 30.4 Å². The van der Waals surface area contributed by atoms with E-state index < -0.39 is 6.09 Å². The van der Waals surface area contributed by atoms with E-state index in [9.17, 15) is 4.79 Å². The molecule has 0 heterocycles. The Kier molecular flexibility index (Phi) is 3.15. The van der Waals surface area contributed by atoms with Crippen molar-refractivity contribution in [2.45, 2.75) is 12.5 Å². The molecule has 1 aliphatic rings. The highest BCUT2D eigenvalue weighted by Gasteiger charge is 2.20. The van der Waals surface area contributed by atoms with Gasteiger partial charge < -0.3 is 10.1 Å².